The molecule has 136 valence electrons. The largest absolute Gasteiger partial charge is 0.304 e. The Balaban J connectivity index is 1.52. The highest BCUT2D eigenvalue weighted by Gasteiger charge is 2.17. The van der Waals surface area contributed by atoms with Crippen molar-refractivity contribution in [3.63, 3.8) is 0 Å². The summed E-state index contributed by atoms with van der Waals surface area (Å²) in [6.07, 6.45) is 7.59. The molecule has 1 fully saturated rings. The first-order valence-electron chi connectivity index (χ1n) is 9.80. The summed E-state index contributed by atoms with van der Waals surface area (Å²) in [5.41, 5.74) is 3.67. The number of hydrogen-bond donors (Lipinski definition) is 1. The van der Waals surface area contributed by atoms with Gasteiger partial charge in [-0.2, -0.15) is 0 Å². The Labute approximate surface area is 163 Å². The van der Waals surface area contributed by atoms with Gasteiger partial charge in [-0.15, -0.1) is 0 Å². The molecule has 0 amide bonds. The van der Waals surface area contributed by atoms with Gasteiger partial charge >= 0.3 is 0 Å². The van der Waals surface area contributed by atoms with E-state index in [0.717, 1.165) is 23.6 Å². The summed E-state index contributed by atoms with van der Waals surface area (Å²) < 4.78 is 0. The van der Waals surface area contributed by atoms with Gasteiger partial charge in [0.15, 0.2) is 0 Å². The van der Waals surface area contributed by atoms with Crippen LogP contribution in [0.3, 0.4) is 0 Å². The highest BCUT2D eigenvalue weighted by atomic mass is 35.5. The van der Waals surface area contributed by atoms with Crippen LogP contribution in [0.4, 0.5) is 0 Å². The number of rotatable bonds is 5. The second-order valence-corrected chi connectivity index (χ2v) is 7.66. The molecule has 1 nitrogen and oxygen atoms in total. The van der Waals surface area contributed by atoms with E-state index in [1.54, 1.807) is 0 Å². The Kier molecular flexibility index (Phi) is 7.18. The van der Waals surface area contributed by atoms with Crippen molar-refractivity contribution in [3.8, 4) is 11.8 Å². The molecule has 1 aliphatic rings. The third kappa shape index (κ3) is 5.63. The number of benzene rings is 2. The normalized spacial score (nSPS) is 15.9. The van der Waals surface area contributed by atoms with Crippen LogP contribution in [0.5, 0.6) is 0 Å². The molecule has 1 aliphatic carbocycles. The van der Waals surface area contributed by atoms with E-state index in [2.05, 4.69) is 66.5 Å². The van der Waals surface area contributed by atoms with Gasteiger partial charge in [-0.05, 0) is 55.4 Å². The first-order valence-corrected chi connectivity index (χ1v) is 10.2. The van der Waals surface area contributed by atoms with Gasteiger partial charge in [0.05, 0.1) is 6.04 Å². The van der Waals surface area contributed by atoms with Gasteiger partial charge < -0.3 is 5.32 Å². The first-order chi connectivity index (χ1) is 12.7. The van der Waals surface area contributed by atoms with Crippen LogP contribution in [0, 0.1) is 11.8 Å². The molecule has 0 radical (unpaired) electrons. The lowest BCUT2D eigenvalue weighted by Crippen LogP contribution is -2.26. The smallest absolute Gasteiger partial charge is 0.0664 e. The molecule has 0 heterocycles. The second kappa shape index (κ2) is 9.81. The zero-order valence-electron chi connectivity index (χ0n) is 15.6. The first kappa shape index (κ1) is 19.0. The fourth-order valence-corrected chi connectivity index (χ4v) is 4.00. The third-order valence-electron chi connectivity index (χ3n) is 5.19. The Morgan fingerprint density at radius 3 is 2.58 bits per heavy atom. The summed E-state index contributed by atoms with van der Waals surface area (Å²) >= 11 is 6.55. The Morgan fingerprint density at radius 1 is 1.08 bits per heavy atom. The van der Waals surface area contributed by atoms with Crippen LogP contribution in [0.25, 0.3) is 0 Å². The predicted molar refractivity (Wildman–Crippen MR) is 112 cm³/mol. The topological polar surface area (TPSA) is 12.0 Å². The van der Waals surface area contributed by atoms with Crippen molar-refractivity contribution in [1.29, 1.82) is 0 Å². The molecule has 0 spiro atoms. The van der Waals surface area contributed by atoms with Crippen molar-refractivity contribution in [3.05, 3.63) is 70.2 Å². The van der Waals surface area contributed by atoms with Crippen molar-refractivity contribution in [2.24, 2.45) is 0 Å². The van der Waals surface area contributed by atoms with E-state index in [-0.39, 0.29) is 6.04 Å². The summed E-state index contributed by atoms with van der Waals surface area (Å²) in [6.45, 7) is 3.04. The maximum Gasteiger partial charge on any atom is 0.0664 e. The minimum Gasteiger partial charge on any atom is -0.304 e. The van der Waals surface area contributed by atoms with E-state index >= 15 is 0 Å². The highest BCUT2D eigenvalue weighted by molar-refractivity contribution is 6.31. The van der Waals surface area contributed by atoms with E-state index in [0.29, 0.717) is 5.92 Å². The average molecular weight is 366 g/mol. The lowest BCUT2D eigenvalue weighted by atomic mass is 9.84. The zero-order valence-corrected chi connectivity index (χ0v) is 16.4. The van der Waals surface area contributed by atoms with Gasteiger partial charge in [-0.1, -0.05) is 79.1 Å². The molecule has 0 saturated heterocycles. The Bertz CT molecular complexity index is 751. The van der Waals surface area contributed by atoms with Gasteiger partial charge in [0.25, 0.3) is 0 Å². The molecular formula is C24H28ClN. The summed E-state index contributed by atoms with van der Waals surface area (Å²) in [4.78, 5) is 0. The second-order valence-electron chi connectivity index (χ2n) is 7.25. The van der Waals surface area contributed by atoms with E-state index in [1.807, 2.05) is 6.07 Å². The molecule has 3 rings (SSSR count). The molecule has 1 atom stereocenters. The fourth-order valence-electron chi connectivity index (χ4n) is 3.67. The summed E-state index contributed by atoms with van der Waals surface area (Å²) in [5.74, 6) is 7.19. The maximum absolute atomic E-state index is 6.55. The maximum atomic E-state index is 6.55. The quantitative estimate of drug-likeness (QED) is 0.644. The van der Waals surface area contributed by atoms with Crippen LogP contribution in [-0.2, 0) is 6.42 Å². The van der Waals surface area contributed by atoms with Crippen molar-refractivity contribution < 1.29 is 0 Å². The predicted octanol–water partition coefficient (Wildman–Crippen LogP) is 5.96. The van der Waals surface area contributed by atoms with Crippen LogP contribution >= 0.6 is 11.6 Å². The van der Waals surface area contributed by atoms with Gasteiger partial charge in [-0.3, -0.25) is 0 Å². The molecule has 2 heteroatoms. The van der Waals surface area contributed by atoms with E-state index in [4.69, 9.17) is 11.6 Å². The monoisotopic (exact) mass is 365 g/mol. The molecule has 1 saturated carbocycles. The fraction of sp³-hybridized carbons (Fsp3) is 0.417. The average Bonchev–Trinajstić information content (AvgIpc) is 2.68. The van der Waals surface area contributed by atoms with Crippen LogP contribution in [0.1, 0.15) is 61.6 Å². The summed E-state index contributed by atoms with van der Waals surface area (Å²) in [6, 6.07) is 17.1. The highest BCUT2D eigenvalue weighted by Crippen LogP contribution is 2.36. The molecule has 2 aromatic rings. The van der Waals surface area contributed by atoms with Gasteiger partial charge in [0, 0.05) is 17.1 Å². The molecule has 0 aliphatic heterocycles. The van der Waals surface area contributed by atoms with Crippen molar-refractivity contribution in [2.45, 2.75) is 57.4 Å². The standard InChI is InChI=1S/C24H28ClN/c1-19(26-17-16-20-8-4-2-5-9-20)12-13-21-14-15-23(24(25)18-21)22-10-6-3-7-11-22/h2,4-5,8-9,14-15,18-19,22,26H,3,6-7,10-11,16-17H2,1H3. The SMILES string of the molecule is CC(C#Cc1ccc(C2CCCCC2)c(Cl)c1)NCCc1ccccc1. The van der Waals surface area contributed by atoms with Crippen molar-refractivity contribution in [1.82, 2.24) is 5.32 Å². The molecule has 1 unspecified atom stereocenters. The van der Waals surface area contributed by atoms with Crippen molar-refractivity contribution >= 4 is 11.6 Å². The number of nitrogens with one attached hydrogen (secondary N) is 1. The van der Waals surface area contributed by atoms with Gasteiger partial charge in [0.2, 0.25) is 0 Å². The van der Waals surface area contributed by atoms with E-state index in [9.17, 15) is 0 Å². The molecule has 2 aromatic carbocycles. The van der Waals surface area contributed by atoms with Gasteiger partial charge in [0.1, 0.15) is 0 Å². The minimum absolute atomic E-state index is 0.163. The molecule has 0 aromatic heterocycles. The van der Waals surface area contributed by atoms with Crippen LogP contribution < -0.4 is 5.32 Å². The minimum atomic E-state index is 0.163. The summed E-state index contributed by atoms with van der Waals surface area (Å²) in [5, 5.41) is 4.36. The Morgan fingerprint density at radius 2 is 1.85 bits per heavy atom. The molecule has 26 heavy (non-hydrogen) atoms. The number of halogens is 1. The lowest BCUT2D eigenvalue weighted by Gasteiger charge is -2.22. The lowest BCUT2D eigenvalue weighted by molar-refractivity contribution is 0.444. The molecular weight excluding hydrogens is 338 g/mol. The van der Waals surface area contributed by atoms with E-state index < -0.39 is 0 Å². The Hall–Kier alpha value is -1.75. The summed E-state index contributed by atoms with van der Waals surface area (Å²) in [7, 11) is 0. The van der Waals surface area contributed by atoms with Gasteiger partial charge in [-0.25, -0.2) is 0 Å². The van der Waals surface area contributed by atoms with E-state index in [1.165, 1.54) is 43.2 Å². The number of hydrogen-bond acceptors (Lipinski definition) is 1. The van der Waals surface area contributed by atoms with Crippen molar-refractivity contribution in [2.75, 3.05) is 6.54 Å². The third-order valence-corrected chi connectivity index (χ3v) is 5.51. The van der Waals surface area contributed by atoms with Crippen LogP contribution in [0.15, 0.2) is 48.5 Å². The van der Waals surface area contributed by atoms with Crippen LogP contribution in [-0.4, -0.2) is 12.6 Å². The zero-order chi connectivity index (χ0) is 18.2. The van der Waals surface area contributed by atoms with Crippen LogP contribution in [0.2, 0.25) is 5.02 Å². The molecule has 0 bridgehead atoms. The molecule has 1 N–H and O–H groups in total.